The average molecular weight is 365 g/mol. The van der Waals surface area contributed by atoms with Crippen molar-refractivity contribution >= 4 is 18.3 Å². The summed E-state index contributed by atoms with van der Waals surface area (Å²) in [6, 6.07) is 5.05. The fraction of sp³-hybridized carbons (Fsp3) is 0.588. The Balaban J connectivity index is 0.00000288. The van der Waals surface area contributed by atoms with Gasteiger partial charge in [0.1, 0.15) is 0 Å². The van der Waals surface area contributed by atoms with Crippen molar-refractivity contribution in [2.24, 2.45) is 5.92 Å². The van der Waals surface area contributed by atoms with Crippen LogP contribution in [0.2, 0.25) is 0 Å². The van der Waals surface area contributed by atoms with Gasteiger partial charge < -0.3 is 10.6 Å². The molecule has 136 valence electrons. The van der Waals surface area contributed by atoms with E-state index in [1.165, 1.54) is 6.07 Å². The minimum Gasteiger partial charge on any atom is -0.356 e. The molecule has 0 radical (unpaired) electrons. The predicted octanol–water partition coefficient (Wildman–Crippen LogP) is 3.74. The molecule has 7 heteroatoms. The maximum absolute atomic E-state index is 12.8. The lowest BCUT2D eigenvalue weighted by atomic mass is 9.93. The molecule has 2 atom stereocenters. The van der Waals surface area contributed by atoms with Gasteiger partial charge in [-0.15, -0.1) is 12.4 Å². The van der Waals surface area contributed by atoms with Gasteiger partial charge in [0, 0.05) is 6.54 Å². The molecule has 0 saturated carbocycles. The highest BCUT2D eigenvalue weighted by Gasteiger charge is 2.31. The largest absolute Gasteiger partial charge is 0.416 e. The van der Waals surface area contributed by atoms with Gasteiger partial charge in [0.2, 0.25) is 5.91 Å². The van der Waals surface area contributed by atoms with Crippen LogP contribution in [0.25, 0.3) is 0 Å². The lowest BCUT2D eigenvalue weighted by Crippen LogP contribution is -2.31. The zero-order valence-corrected chi connectivity index (χ0v) is 14.5. The zero-order valence-electron chi connectivity index (χ0n) is 13.7. The Bertz CT molecular complexity index is 531. The molecule has 1 aliphatic heterocycles. The van der Waals surface area contributed by atoms with E-state index in [2.05, 4.69) is 10.6 Å². The lowest BCUT2D eigenvalue weighted by molar-refractivity contribution is -0.137. The summed E-state index contributed by atoms with van der Waals surface area (Å²) in [5, 5.41) is 6.14. The van der Waals surface area contributed by atoms with Gasteiger partial charge in [-0.05, 0) is 49.9 Å². The van der Waals surface area contributed by atoms with Crippen LogP contribution in [-0.2, 0) is 11.0 Å². The lowest BCUT2D eigenvalue weighted by Gasteiger charge is -2.18. The average Bonchev–Trinajstić information content (AvgIpc) is 3.01. The summed E-state index contributed by atoms with van der Waals surface area (Å²) >= 11 is 0. The fourth-order valence-corrected chi connectivity index (χ4v) is 2.99. The van der Waals surface area contributed by atoms with Gasteiger partial charge in [-0.1, -0.05) is 25.1 Å². The topological polar surface area (TPSA) is 41.1 Å². The van der Waals surface area contributed by atoms with Crippen LogP contribution < -0.4 is 10.6 Å². The Morgan fingerprint density at radius 2 is 2.17 bits per heavy atom. The molecule has 2 unspecified atom stereocenters. The molecular weight excluding hydrogens is 341 g/mol. The molecule has 1 aromatic rings. The van der Waals surface area contributed by atoms with Crippen LogP contribution in [-0.4, -0.2) is 25.5 Å². The predicted molar refractivity (Wildman–Crippen MR) is 90.3 cm³/mol. The molecule has 24 heavy (non-hydrogen) atoms. The molecule has 0 bridgehead atoms. The number of nitrogens with one attached hydrogen (secondary N) is 2. The van der Waals surface area contributed by atoms with Crippen LogP contribution in [0, 0.1) is 5.92 Å². The first-order valence-electron chi connectivity index (χ1n) is 8.07. The summed E-state index contributed by atoms with van der Waals surface area (Å²) < 4.78 is 38.4. The van der Waals surface area contributed by atoms with Crippen molar-refractivity contribution in [1.29, 1.82) is 0 Å². The number of benzene rings is 1. The summed E-state index contributed by atoms with van der Waals surface area (Å²) in [5.41, 5.74) is -0.291. The van der Waals surface area contributed by atoms with E-state index in [1.54, 1.807) is 6.07 Å². The number of hydrogen-bond acceptors (Lipinski definition) is 2. The Morgan fingerprint density at radius 1 is 1.42 bits per heavy atom. The molecule has 2 rings (SSSR count). The Hall–Kier alpha value is -1.27. The molecule has 2 N–H and O–H groups in total. The first-order valence-corrected chi connectivity index (χ1v) is 8.07. The Kier molecular flexibility index (Phi) is 8.03. The third-order valence-electron chi connectivity index (χ3n) is 4.36. The second-order valence-corrected chi connectivity index (χ2v) is 6.02. The van der Waals surface area contributed by atoms with E-state index < -0.39 is 17.7 Å². The van der Waals surface area contributed by atoms with E-state index in [-0.39, 0.29) is 18.3 Å². The minimum atomic E-state index is -4.39. The van der Waals surface area contributed by atoms with Crippen LogP contribution in [0.5, 0.6) is 0 Å². The number of hydrogen-bond donors (Lipinski definition) is 2. The monoisotopic (exact) mass is 364 g/mol. The molecule has 1 saturated heterocycles. The fourth-order valence-electron chi connectivity index (χ4n) is 2.99. The Morgan fingerprint density at radius 3 is 2.75 bits per heavy atom. The normalized spacial score (nSPS) is 18.8. The first kappa shape index (κ1) is 20.8. The second kappa shape index (κ2) is 9.28. The Labute approximate surface area is 146 Å². The zero-order chi connectivity index (χ0) is 16.9. The molecule has 1 amide bonds. The van der Waals surface area contributed by atoms with Gasteiger partial charge >= 0.3 is 6.18 Å². The van der Waals surface area contributed by atoms with E-state index in [0.29, 0.717) is 24.4 Å². The first-order chi connectivity index (χ1) is 10.9. The molecule has 1 aliphatic rings. The summed E-state index contributed by atoms with van der Waals surface area (Å²) in [6.45, 7) is 4.37. The van der Waals surface area contributed by atoms with Crippen molar-refractivity contribution in [3.8, 4) is 0 Å². The maximum Gasteiger partial charge on any atom is 0.416 e. The third-order valence-corrected chi connectivity index (χ3v) is 4.36. The van der Waals surface area contributed by atoms with Crippen molar-refractivity contribution in [3.05, 3.63) is 35.4 Å². The molecule has 1 aromatic carbocycles. The van der Waals surface area contributed by atoms with Crippen LogP contribution in [0.1, 0.15) is 43.2 Å². The van der Waals surface area contributed by atoms with E-state index >= 15 is 0 Å². The summed E-state index contributed by atoms with van der Waals surface area (Å²) in [4.78, 5) is 12.3. The number of carbonyl (C=O) groups is 1. The van der Waals surface area contributed by atoms with E-state index in [9.17, 15) is 18.0 Å². The van der Waals surface area contributed by atoms with Crippen molar-refractivity contribution in [1.82, 2.24) is 10.6 Å². The minimum absolute atomic E-state index is 0. The third kappa shape index (κ3) is 5.67. The van der Waals surface area contributed by atoms with Crippen LogP contribution >= 0.6 is 12.4 Å². The highest BCUT2D eigenvalue weighted by atomic mass is 35.5. The van der Waals surface area contributed by atoms with E-state index in [0.717, 1.165) is 38.1 Å². The molecule has 1 fully saturated rings. The van der Waals surface area contributed by atoms with Crippen molar-refractivity contribution in [2.75, 3.05) is 19.6 Å². The quantitative estimate of drug-likeness (QED) is 0.807. The van der Waals surface area contributed by atoms with Crippen molar-refractivity contribution in [2.45, 2.75) is 38.3 Å². The summed E-state index contributed by atoms with van der Waals surface area (Å²) in [5.74, 6) is -0.166. The van der Waals surface area contributed by atoms with Crippen molar-refractivity contribution in [3.63, 3.8) is 0 Å². The summed E-state index contributed by atoms with van der Waals surface area (Å²) in [7, 11) is 0. The van der Waals surface area contributed by atoms with E-state index in [4.69, 9.17) is 0 Å². The number of halogens is 4. The molecule has 3 nitrogen and oxygen atoms in total. The van der Waals surface area contributed by atoms with Crippen molar-refractivity contribution < 1.29 is 18.0 Å². The van der Waals surface area contributed by atoms with Gasteiger partial charge in [-0.3, -0.25) is 4.79 Å². The highest BCUT2D eigenvalue weighted by molar-refractivity contribution is 5.85. The standard InChI is InChI=1S/C17H23F3N2O.ClH/c1-2-15(13-4-3-5-14(10-13)17(18,19)20)16(23)22-9-7-12-6-8-21-11-12;/h3-5,10,12,15,21H,2,6-9,11H2,1H3,(H,22,23);1H. The molecule has 0 aromatic heterocycles. The van der Waals surface area contributed by atoms with Gasteiger partial charge in [-0.2, -0.15) is 13.2 Å². The molecule has 0 spiro atoms. The number of rotatable bonds is 6. The highest BCUT2D eigenvalue weighted by Crippen LogP contribution is 2.31. The van der Waals surface area contributed by atoms with Gasteiger partial charge in [-0.25, -0.2) is 0 Å². The number of carbonyl (C=O) groups excluding carboxylic acids is 1. The van der Waals surface area contributed by atoms with Crippen LogP contribution in [0.15, 0.2) is 24.3 Å². The summed E-state index contributed by atoms with van der Waals surface area (Å²) in [6.07, 6.45) is -1.91. The number of amides is 1. The van der Waals surface area contributed by atoms with Gasteiger partial charge in [0.25, 0.3) is 0 Å². The number of alkyl halides is 3. The SMILES string of the molecule is CCC(C(=O)NCCC1CCNC1)c1cccc(C(F)(F)F)c1.Cl. The molecule has 1 heterocycles. The van der Waals surface area contributed by atoms with Gasteiger partial charge in [0.15, 0.2) is 0 Å². The van der Waals surface area contributed by atoms with Crippen LogP contribution in [0.3, 0.4) is 0 Å². The molecule has 0 aliphatic carbocycles. The van der Waals surface area contributed by atoms with E-state index in [1.807, 2.05) is 6.92 Å². The van der Waals surface area contributed by atoms with Gasteiger partial charge in [0.05, 0.1) is 11.5 Å². The molecular formula is C17H24ClF3N2O. The van der Waals surface area contributed by atoms with Crippen LogP contribution in [0.4, 0.5) is 13.2 Å². The maximum atomic E-state index is 12.8. The second-order valence-electron chi connectivity index (χ2n) is 6.02. The smallest absolute Gasteiger partial charge is 0.356 e.